The molecule has 0 spiro atoms. The summed E-state index contributed by atoms with van der Waals surface area (Å²) in [6, 6.07) is 8.61. The van der Waals surface area contributed by atoms with Gasteiger partial charge in [0.25, 0.3) is 0 Å². The Morgan fingerprint density at radius 2 is 2.12 bits per heavy atom. The molecule has 92 valence electrons. The average molecular weight is 230 g/mol. The molecule has 0 aliphatic heterocycles. The molecular formula is C15H22N2. The van der Waals surface area contributed by atoms with Crippen molar-refractivity contribution in [2.24, 2.45) is 0 Å². The Bertz CT molecular complexity index is 390. The van der Waals surface area contributed by atoms with Gasteiger partial charge in [-0.15, -0.1) is 0 Å². The maximum Gasteiger partial charge on any atom is 0.0994 e. The minimum absolute atomic E-state index is 0.494. The Balaban J connectivity index is 2.51. The number of rotatable bonds is 6. The summed E-state index contributed by atoms with van der Waals surface area (Å²) in [5, 5.41) is 12.3. The van der Waals surface area contributed by atoms with Gasteiger partial charge >= 0.3 is 0 Å². The molecule has 1 atom stereocenters. The first-order valence-electron chi connectivity index (χ1n) is 6.44. The van der Waals surface area contributed by atoms with Crippen LogP contribution in [0, 0.1) is 18.3 Å². The third-order valence-electron chi connectivity index (χ3n) is 3.00. The second-order valence-electron chi connectivity index (χ2n) is 4.68. The summed E-state index contributed by atoms with van der Waals surface area (Å²) >= 11 is 0. The Morgan fingerprint density at radius 3 is 2.71 bits per heavy atom. The predicted molar refractivity (Wildman–Crippen MR) is 73.1 cm³/mol. The molecule has 0 saturated heterocycles. The van der Waals surface area contributed by atoms with Gasteiger partial charge in [0.05, 0.1) is 11.6 Å². The number of unbranched alkanes of at least 4 members (excludes halogenated alkanes) is 2. The van der Waals surface area contributed by atoms with Gasteiger partial charge in [-0.1, -0.05) is 26.2 Å². The fourth-order valence-electron chi connectivity index (χ4n) is 1.94. The van der Waals surface area contributed by atoms with Crippen molar-refractivity contribution in [1.82, 2.24) is 0 Å². The van der Waals surface area contributed by atoms with Crippen molar-refractivity contribution >= 4 is 5.69 Å². The smallest absolute Gasteiger partial charge is 0.0994 e. The molecule has 0 aliphatic rings. The van der Waals surface area contributed by atoms with Gasteiger partial charge in [0.1, 0.15) is 0 Å². The van der Waals surface area contributed by atoms with Crippen molar-refractivity contribution in [3.8, 4) is 6.07 Å². The van der Waals surface area contributed by atoms with Crippen LogP contribution in [0.4, 0.5) is 5.69 Å². The summed E-state index contributed by atoms with van der Waals surface area (Å²) in [6.07, 6.45) is 5.05. The van der Waals surface area contributed by atoms with E-state index < -0.39 is 0 Å². The molecule has 1 N–H and O–H groups in total. The van der Waals surface area contributed by atoms with E-state index in [9.17, 15) is 0 Å². The maximum absolute atomic E-state index is 8.86. The van der Waals surface area contributed by atoms with E-state index in [1.54, 1.807) is 0 Å². The molecule has 2 nitrogen and oxygen atoms in total. The zero-order valence-electron chi connectivity index (χ0n) is 11.1. The van der Waals surface area contributed by atoms with Gasteiger partial charge < -0.3 is 5.32 Å². The van der Waals surface area contributed by atoms with E-state index in [4.69, 9.17) is 5.26 Å². The van der Waals surface area contributed by atoms with Crippen LogP contribution in [0.1, 0.15) is 50.7 Å². The Labute approximate surface area is 105 Å². The van der Waals surface area contributed by atoms with Crippen molar-refractivity contribution in [2.75, 3.05) is 5.32 Å². The minimum Gasteiger partial charge on any atom is -0.383 e. The molecule has 1 aromatic rings. The summed E-state index contributed by atoms with van der Waals surface area (Å²) in [5.41, 5.74) is 2.91. The van der Waals surface area contributed by atoms with E-state index in [1.165, 1.54) is 25.7 Å². The van der Waals surface area contributed by atoms with Gasteiger partial charge in [0.15, 0.2) is 0 Å². The second-order valence-corrected chi connectivity index (χ2v) is 4.68. The summed E-state index contributed by atoms with van der Waals surface area (Å²) in [5.74, 6) is 0. The van der Waals surface area contributed by atoms with Gasteiger partial charge in [-0.3, -0.25) is 0 Å². The zero-order valence-corrected chi connectivity index (χ0v) is 11.1. The Kier molecular flexibility index (Phi) is 5.56. The van der Waals surface area contributed by atoms with Crippen LogP contribution in [0.3, 0.4) is 0 Å². The largest absolute Gasteiger partial charge is 0.383 e. The zero-order chi connectivity index (χ0) is 12.7. The van der Waals surface area contributed by atoms with Crippen molar-refractivity contribution in [3.05, 3.63) is 29.3 Å². The molecule has 1 aromatic carbocycles. The fourth-order valence-corrected chi connectivity index (χ4v) is 1.94. The molecule has 2 heteroatoms. The maximum atomic E-state index is 8.86. The Morgan fingerprint density at radius 1 is 1.35 bits per heavy atom. The first kappa shape index (κ1) is 13.6. The topological polar surface area (TPSA) is 35.8 Å². The van der Waals surface area contributed by atoms with Gasteiger partial charge in [-0.25, -0.2) is 0 Å². The van der Waals surface area contributed by atoms with Crippen LogP contribution < -0.4 is 5.32 Å². The van der Waals surface area contributed by atoms with Crippen molar-refractivity contribution in [2.45, 2.75) is 52.5 Å². The highest BCUT2D eigenvalue weighted by Crippen LogP contribution is 2.16. The second kappa shape index (κ2) is 6.96. The molecule has 0 amide bonds. The first-order chi connectivity index (χ1) is 8.17. The quantitative estimate of drug-likeness (QED) is 0.742. The fraction of sp³-hybridized carbons (Fsp3) is 0.533. The van der Waals surface area contributed by atoms with E-state index in [0.717, 1.165) is 16.8 Å². The summed E-state index contributed by atoms with van der Waals surface area (Å²) in [7, 11) is 0. The van der Waals surface area contributed by atoms with Crippen molar-refractivity contribution in [3.63, 3.8) is 0 Å². The van der Waals surface area contributed by atoms with Crippen molar-refractivity contribution in [1.29, 1.82) is 5.26 Å². The normalized spacial score (nSPS) is 11.9. The Hall–Kier alpha value is -1.49. The summed E-state index contributed by atoms with van der Waals surface area (Å²) in [4.78, 5) is 0. The van der Waals surface area contributed by atoms with Crippen LogP contribution in [0.2, 0.25) is 0 Å². The van der Waals surface area contributed by atoms with E-state index in [1.807, 2.05) is 19.1 Å². The van der Waals surface area contributed by atoms with E-state index >= 15 is 0 Å². The van der Waals surface area contributed by atoms with Crippen LogP contribution in [0.15, 0.2) is 18.2 Å². The monoisotopic (exact) mass is 230 g/mol. The third kappa shape index (κ3) is 4.48. The number of nitrogens with one attached hydrogen (secondary N) is 1. The molecule has 1 rings (SSSR count). The number of hydrogen-bond donors (Lipinski definition) is 1. The number of aryl methyl sites for hydroxylation is 1. The molecule has 0 aliphatic carbocycles. The van der Waals surface area contributed by atoms with Gasteiger partial charge in [0.2, 0.25) is 0 Å². The number of hydrogen-bond acceptors (Lipinski definition) is 2. The molecule has 0 aromatic heterocycles. The first-order valence-corrected chi connectivity index (χ1v) is 6.44. The molecule has 0 saturated carbocycles. The highest BCUT2D eigenvalue weighted by molar-refractivity contribution is 5.51. The van der Waals surface area contributed by atoms with Crippen LogP contribution in [-0.4, -0.2) is 6.04 Å². The summed E-state index contributed by atoms with van der Waals surface area (Å²) < 4.78 is 0. The predicted octanol–water partition coefficient (Wildman–Crippen LogP) is 4.25. The number of anilines is 1. The number of benzene rings is 1. The lowest BCUT2D eigenvalue weighted by Crippen LogP contribution is -2.14. The third-order valence-corrected chi connectivity index (χ3v) is 3.00. The molecule has 0 fully saturated rings. The molecule has 17 heavy (non-hydrogen) atoms. The van der Waals surface area contributed by atoms with E-state index in [2.05, 4.69) is 31.3 Å². The van der Waals surface area contributed by atoms with Crippen LogP contribution in [0.5, 0.6) is 0 Å². The van der Waals surface area contributed by atoms with Crippen LogP contribution in [-0.2, 0) is 0 Å². The lowest BCUT2D eigenvalue weighted by molar-refractivity contribution is 0.615. The van der Waals surface area contributed by atoms with Gasteiger partial charge in [-0.2, -0.15) is 5.26 Å². The molecule has 0 radical (unpaired) electrons. The standard InChI is InChI=1S/C15H22N2/c1-4-5-6-7-13(3)17-15-9-8-14(11-16)12(2)10-15/h8-10,13,17H,4-7H2,1-3H3. The summed E-state index contributed by atoms with van der Waals surface area (Å²) in [6.45, 7) is 6.41. The SMILES string of the molecule is CCCCCC(C)Nc1ccc(C#N)c(C)c1. The highest BCUT2D eigenvalue weighted by atomic mass is 14.9. The van der Waals surface area contributed by atoms with Crippen molar-refractivity contribution < 1.29 is 0 Å². The van der Waals surface area contributed by atoms with E-state index in [0.29, 0.717) is 6.04 Å². The molecular weight excluding hydrogens is 208 g/mol. The lowest BCUT2D eigenvalue weighted by Gasteiger charge is -2.15. The number of nitriles is 1. The number of nitrogens with zero attached hydrogens (tertiary/aromatic N) is 1. The van der Waals surface area contributed by atoms with Crippen LogP contribution in [0.25, 0.3) is 0 Å². The highest BCUT2D eigenvalue weighted by Gasteiger charge is 2.03. The van der Waals surface area contributed by atoms with Gasteiger partial charge in [0, 0.05) is 11.7 Å². The lowest BCUT2D eigenvalue weighted by atomic mass is 10.1. The minimum atomic E-state index is 0.494. The molecule has 0 bridgehead atoms. The van der Waals surface area contributed by atoms with Crippen LogP contribution >= 0.6 is 0 Å². The van der Waals surface area contributed by atoms with E-state index in [-0.39, 0.29) is 0 Å². The molecule has 0 heterocycles. The molecule has 1 unspecified atom stereocenters. The van der Waals surface area contributed by atoms with Gasteiger partial charge in [-0.05, 0) is 44.0 Å². The average Bonchev–Trinajstić information content (AvgIpc) is 2.29.